The SMILES string of the molecule is CN/C(=C\C(=N)C1CC1)C(=O)NCc1cccc(OCc2ccc(NC(=O)N3CCN(S(C)(=O)=O)CC3)cc2)c1OC. The molecule has 4 N–H and O–H groups in total. The minimum absolute atomic E-state index is 0.215. The summed E-state index contributed by atoms with van der Waals surface area (Å²) >= 11 is 0. The molecular formula is C29H38N6O6S. The molecule has 1 saturated heterocycles. The number of rotatable bonds is 12. The quantitative estimate of drug-likeness (QED) is 0.216. The van der Waals surface area contributed by atoms with Crippen molar-refractivity contribution < 1.29 is 27.5 Å². The Morgan fingerprint density at radius 3 is 2.36 bits per heavy atom. The van der Waals surface area contributed by atoms with E-state index in [9.17, 15) is 18.0 Å². The van der Waals surface area contributed by atoms with Gasteiger partial charge in [0, 0.05) is 62.7 Å². The molecule has 0 spiro atoms. The van der Waals surface area contributed by atoms with Gasteiger partial charge in [-0.1, -0.05) is 24.3 Å². The third kappa shape index (κ3) is 8.23. The van der Waals surface area contributed by atoms with Gasteiger partial charge in [-0.05, 0) is 42.7 Å². The van der Waals surface area contributed by atoms with Crippen molar-refractivity contribution in [3.8, 4) is 11.5 Å². The number of piperazine rings is 1. The number of ether oxygens (including phenoxy) is 2. The Balaban J connectivity index is 1.29. The number of amides is 3. The van der Waals surface area contributed by atoms with Crippen LogP contribution < -0.4 is 25.4 Å². The van der Waals surface area contributed by atoms with Gasteiger partial charge in [0.05, 0.1) is 13.4 Å². The van der Waals surface area contributed by atoms with Crippen LogP contribution in [0.1, 0.15) is 24.0 Å². The standard InChI is InChI=1S/C29H38N6O6S/c1-31-25(17-24(30)21-9-10-21)28(36)32-18-22-5-4-6-26(27(22)40-2)41-19-20-7-11-23(12-8-20)33-29(37)34-13-15-35(16-14-34)42(3,38)39/h4-8,11-12,17,21,30-31H,9-10,13-16,18-19H2,1-3H3,(H,32,36)(H,33,37)/b25-17-,30-24?. The second kappa shape index (κ2) is 13.7. The molecule has 3 amide bonds. The average molecular weight is 599 g/mol. The lowest BCUT2D eigenvalue weighted by Gasteiger charge is -2.33. The molecule has 4 rings (SSSR count). The molecule has 0 unspecified atom stereocenters. The van der Waals surface area contributed by atoms with Crippen molar-refractivity contribution in [1.29, 1.82) is 5.41 Å². The first-order valence-corrected chi connectivity index (χ1v) is 15.6. The highest BCUT2D eigenvalue weighted by atomic mass is 32.2. The number of carbonyl (C=O) groups excluding carboxylic acids is 2. The molecule has 12 nitrogen and oxygen atoms in total. The maximum atomic E-state index is 12.7. The molecule has 1 heterocycles. The van der Waals surface area contributed by atoms with Gasteiger partial charge in [0.15, 0.2) is 11.5 Å². The van der Waals surface area contributed by atoms with Crippen molar-refractivity contribution in [3.63, 3.8) is 0 Å². The number of nitrogens with one attached hydrogen (secondary N) is 4. The minimum Gasteiger partial charge on any atom is -0.493 e. The lowest BCUT2D eigenvalue weighted by Crippen LogP contribution is -2.51. The molecule has 1 aliphatic carbocycles. The Bertz CT molecular complexity index is 1430. The second-order valence-electron chi connectivity index (χ2n) is 10.2. The van der Waals surface area contributed by atoms with Gasteiger partial charge in [-0.15, -0.1) is 0 Å². The number of benzene rings is 2. The number of para-hydroxylation sites is 1. The molecule has 0 aromatic heterocycles. The van der Waals surface area contributed by atoms with Gasteiger partial charge in [-0.2, -0.15) is 4.31 Å². The van der Waals surface area contributed by atoms with Crippen molar-refractivity contribution in [2.75, 3.05) is 51.9 Å². The highest BCUT2D eigenvalue weighted by Crippen LogP contribution is 2.32. The molecule has 2 aromatic rings. The number of hydrogen-bond acceptors (Lipinski definition) is 8. The summed E-state index contributed by atoms with van der Waals surface area (Å²) in [6.45, 7) is 1.68. The van der Waals surface area contributed by atoms with Gasteiger partial charge in [0.25, 0.3) is 5.91 Å². The largest absolute Gasteiger partial charge is 0.493 e. The predicted octanol–water partition coefficient (Wildman–Crippen LogP) is 2.53. The Kier molecular flexibility index (Phi) is 10.1. The number of nitrogens with zero attached hydrogens (tertiary/aromatic N) is 2. The van der Waals surface area contributed by atoms with E-state index in [0.717, 1.165) is 24.0 Å². The number of sulfonamides is 1. The fourth-order valence-electron chi connectivity index (χ4n) is 4.51. The summed E-state index contributed by atoms with van der Waals surface area (Å²) in [6, 6.07) is 12.4. The summed E-state index contributed by atoms with van der Waals surface area (Å²) in [4.78, 5) is 26.9. The van der Waals surface area contributed by atoms with Crippen LogP contribution in [0, 0.1) is 11.3 Å². The Morgan fingerprint density at radius 2 is 1.76 bits per heavy atom. The number of urea groups is 1. The van der Waals surface area contributed by atoms with Gasteiger partial charge >= 0.3 is 6.03 Å². The van der Waals surface area contributed by atoms with E-state index in [4.69, 9.17) is 14.9 Å². The minimum atomic E-state index is -3.26. The van der Waals surface area contributed by atoms with Crippen LogP contribution >= 0.6 is 0 Å². The number of carbonyl (C=O) groups is 2. The highest BCUT2D eigenvalue weighted by molar-refractivity contribution is 7.88. The van der Waals surface area contributed by atoms with Crippen LogP contribution in [0.15, 0.2) is 54.2 Å². The summed E-state index contributed by atoms with van der Waals surface area (Å²) in [5.74, 6) is 0.981. The highest BCUT2D eigenvalue weighted by Gasteiger charge is 2.27. The first-order chi connectivity index (χ1) is 20.1. The van der Waals surface area contributed by atoms with Gasteiger partial charge in [0.1, 0.15) is 12.3 Å². The number of methoxy groups -OCH3 is 1. The summed E-state index contributed by atoms with van der Waals surface area (Å²) in [5, 5.41) is 16.7. The smallest absolute Gasteiger partial charge is 0.321 e. The van der Waals surface area contributed by atoms with Crippen molar-refractivity contribution in [3.05, 3.63) is 65.4 Å². The van der Waals surface area contributed by atoms with Gasteiger partial charge in [0.2, 0.25) is 10.0 Å². The van der Waals surface area contributed by atoms with E-state index in [2.05, 4.69) is 16.0 Å². The van der Waals surface area contributed by atoms with E-state index in [1.807, 2.05) is 24.3 Å². The van der Waals surface area contributed by atoms with Crippen LogP contribution in [-0.2, 0) is 28.0 Å². The molecule has 0 bridgehead atoms. The summed E-state index contributed by atoms with van der Waals surface area (Å²) in [7, 11) is -0.0565. The number of likely N-dealkylation sites (N-methyl/N-ethyl adjacent to an activating group) is 1. The number of anilines is 1. The van der Waals surface area contributed by atoms with Gasteiger partial charge < -0.3 is 35.7 Å². The fraction of sp³-hybridized carbons (Fsp3) is 0.414. The third-order valence-corrected chi connectivity index (χ3v) is 8.43. The summed E-state index contributed by atoms with van der Waals surface area (Å²) in [5.41, 5.74) is 3.03. The normalized spacial score (nSPS) is 16.0. The number of hydrogen-bond donors (Lipinski definition) is 4. The molecule has 13 heteroatoms. The molecule has 2 aromatic carbocycles. The predicted molar refractivity (Wildman–Crippen MR) is 160 cm³/mol. The zero-order valence-electron chi connectivity index (χ0n) is 24.1. The molecule has 42 heavy (non-hydrogen) atoms. The molecule has 1 aliphatic heterocycles. The third-order valence-electron chi connectivity index (χ3n) is 7.13. The van der Waals surface area contributed by atoms with E-state index >= 15 is 0 Å². The van der Waals surface area contributed by atoms with Crippen LogP contribution in [0.25, 0.3) is 0 Å². The monoisotopic (exact) mass is 598 g/mol. The molecule has 2 fully saturated rings. The fourth-order valence-corrected chi connectivity index (χ4v) is 5.33. The lowest BCUT2D eigenvalue weighted by atomic mass is 10.1. The molecule has 1 saturated carbocycles. The van der Waals surface area contributed by atoms with Crippen molar-refractivity contribution in [2.24, 2.45) is 5.92 Å². The average Bonchev–Trinajstić information content (AvgIpc) is 3.83. The van der Waals surface area contributed by atoms with Crippen LogP contribution in [0.5, 0.6) is 11.5 Å². The van der Waals surface area contributed by atoms with Gasteiger partial charge in [-0.25, -0.2) is 13.2 Å². The zero-order valence-corrected chi connectivity index (χ0v) is 24.9. The Hall–Kier alpha value is -4.10. The van der Waals surface area contributed by atoms with Crippen LogP contribution in [-0.4, -0.2) is 81.9 Å². The first-order valence-electron chi connectivity index (χ1n) is 13.7. The van der Waals surface area contributed by atoms with Crippen LogP contribution in [0.4, 0.5) is 10.5 Å². The molecule has 0 atom stereocenters. The van der Waals surface area contributed by atoms with E-state index < -0.39 is 10.0 Å². The molecule has 0 radical (unpaired) electrons. The molecular weight excluding hydrogens is 560 g/mol. The first kappa shape index (κ1) is 30.8. The molecule has 2 aliphatic rings. The Morgan fingerprint density at radius 1 is 1.07 bits per heavy atom. The van der Waals surface area contributed by atoms with E-state index in [1.54, 1.807) is 43.3 Å². The van der Waals surface area contributed by atoms with E-state index in [1.165, 1.54) is 10.6 Å². The van der Waals surface area contributed by atoms with Crippen molar-refractivity contribution in [2.45, 2.75) is 26.0 Å². The zero-order chi connectivity index (χ0) is 30.3. The topological polar surface area (TPSA) is 153 Å². The van der Waals surface area contributed by atoms with Gasteiger partial charge in [-0.3, -0.25) is 4.79 Å². The summed E-state index contributed by atoms with van der Waals surface area (Å²) < 4.78 is 36.4. The second-order valence-corrected chi connectivity index (χ2v) is 12.2. The maximum absolute atomic E-state index is 12.7. The van der Waals surface area contributed by atoms with Crippen LogP contribution in [0.2, 0.25) is 0 Å². The van der Waals surface area contributed by atoms with Crippen LogP contribution in [0.3, 0.4) is 0 Å². The lowest BCUT2D eigenvalue weighted by molar-refractivity contribution is -0.118. The summed E-state index contributed by atoms with van der Waals surface area (Å²) in [6.07, 6.45) is 4.74. The van der Waals surface area contributed by atoms with Crippen molar-refractivity contribution >= 4 is 33.4 Å². The van der Waals surface area contributed by atoms with E-state index in [0.29, 0.717) is 41.7 Å². The maximum Gasteiger partial charge on any atom is 0.321 e. The van der Waals surface area contributed by atoms with E-state index in [-0.39, 0.29) is 44.1 Å². The number of allylic oxidation sites excluding steroid dienone is 1. The molecule has 226 valence electrons. The Labute approximate surface area is 246 Å². The van der Waals surface area contributed by atoms with Crippen molar-refractivity contribution in [1.82, 2.24) is 19.8 Å².